The van der Waals surface area contributed by atoms with Gasteiger partial charge in [-0.25, -0.2) is 0 Å². The Labute approximate surface area is 164 Å². The Bertz CT molecular complexity index is 943. The van der Waals surface area contributed by atoms with Gasteiger partial charge in [0.25, 0.3) is 0 Å². The molecule has 6 nitrogen and oxygen atoms in total. The van der Waals surface area contributed by atoms with Gasteiger partial charge >= 0.3 is 0 Å². The topological polar surface area (TPSA) is 77.2 Å². The molecule has 2 aromatic carbocycles. The third-order valence-electron chi connectivity index (χ3n) is 4.75. The lowest BCUT2D eigenvalue weighted by Gasteiger charge is -2.21. The second-order valence-corrected chi connectivity index (χ2v) is 6.58. The summed E-state index contributed by atoms with van der Waals surface area (Å²) in [4.78, 5) is 29.7. The molecule has 6 heteroatoms. The van der Waals surface area contributed by atoms with Crippen molar-refractivity contribution < 1.29 is 9.59 Å². The lowest BCUT2D eigenvalue weighted by Crippen LogP contribution is -2.33. The monoisotopic (exact) mass is 378 g/mol. The fourth-order valence-electron chi connectivity index (χ4n) is 3.24. The molecule has 0 radical (unpaired) electrons. The van der Waals surface area contributed by atoms with E-state index in [2.05, 4.69) is 34.4 Å². The minimum Gasteiger partial charge on any atom is -0.372 e. The molecule has 0 aliphatic carbocycles. The highest BCUT2D eigenvalue weighted by molar-refractivity contribution is 5.95. The number of nitrogens with zero attached hydrogens (tertiary/aromatic N) is 1. The van der Waals surface area contributed by atoms with Gasteiger partial charge in [0.2, 0.25) is 11.8 Å². The summed E-state index contributed by atoms with van der Waals surface area (Å²) in [7, 11) is 0. The van der Waals surface area contributed by atoms with Crippen LogP contribution in [0.5, 0.6) is 0 Å². The van der Waals surface area contributed by atoms with Crippen LogP contribution in [0.25, 0.3) is 10.9 Å². The van der Waals surface area contributed by atoms with Gasteiger partial charge in [-0.15, -0.1) is 0 Å². The van der Waals surface area contributed by atoms with E-state index in [9.17, 15) is 9.59 Å². The zero-order valence-corrected chi connectivity index (χ0v) is 16.3. The fourth-order valence-corrected chi connectivity index (χ4v) is 3.24. The number of para-hydroxylation sites is 1. The van der Waals surface area contributed by atoms with Crippen LogP contribution in [0.3, 0.4) is 0 Å². The second kappa shape index (κ2) is 9.08. The Balaban J connectivity index is 1.49. The number of carbonyl (C=O) groups is 2. The normalized spacial score (nSPS) is 10.6. The van der Waals surface area contributed by atoms with Crippen LogP contribution in [0, 0.1) is 0 Å². The summed E-state index contributed by atoms with van der Waals surface area (Å²) in [6, 6.07) is 15.5. The molecule has 1 aromatic heterocycles. The molecular formula is C22H26N4O2. The van der Waals surface area contributed by atoms with Crippen molar-refractivity contribution in [2.45, 2.75) is 20.3 Å². The molecule has 0 aliphatic rings. The van der Waals surface area contributed by atoms with Crippen molar-refractivity contribution in [3.8, 4) is 0 Å². The zero-order chi connectivity index (χ0) is 19.9. The first-order valence-electron chi connectivity index (χ1n) is 9.57. The van der Waals surface area contributed by atoms with E-state index in [1.165, 1.54) is 0 Å². The Morgan fingerprint density at radius 2 is 1.68 bits per heavy atom. The highest BCUT2D eigenvalue weighted by Crippen LogP contribution is 2.18. The highest BCUT2D eigenvalue weighted by atomic mass is 16.2. The largest absolute Gasteiger partial charge is 0.372 e. The van der Waals surface area contributed by atoms with Crippen molar-refractivity contribution in [1.82, 2.24) is 10.3 Å². The summed E-state index contributed by atoms with van der Waals surface area (Å²) in [5, 5.41) is 6.51. The molecule has 0 fully saturated rings. The van der Waals surface area contributed by atoms with Crippen molar-refractivity contribution >= 4 is 34.1 Å². The van der Waals surface area contributed by atoms with Crippen molar-refractivity contribution in [2.75, 3.05) is 29.9 Å². The maximum atomic E-state index is 12.2. The number of aromatic amines is 1. The first-order valence-corrected chi connectivity index (χ1v) is 9.57. The Kier molecular flexibility index (Phi) is 6.32. The number of hydrogen-bond acceptors (Lipinski definition) is 3. The molecule has 146 valence electrons. The molecular weight excluding hydrogens is 352 g/mol. The number of rotatable bonds is 8. The first-order chi connectivity index (χ1) is 13.6. The molecule has 3 rings (SSSR count). The number of anilines is 2. The van der Waals surface area contributed by atoms with Crippen molar-refractivity contribution in [1.29, 1.82) is 0 Å². The van der Waals surface area contributed by atoms with E-state index in [-0.39, 0.29) is 24.8 Å². The molecule has 0 spiro atoms. The molecule has 3 aromatic rings. The number of benzene rings is 2. The molecule has 0 aliphatic heterocycles. The molecule has 1 heterocycles. The van der Waals surface area contributed by atoms with Gasteiger partial charge in [-0.1, -0.05) is 18.2 Å². The van der Waals surface area contributed by atoms with Crippen LogP contribution in [-0.4, -0.2) is 36.4 Å². The van der Waals surface area contributed by atoms with Gasteiger partial charge in [-0.2, -0.15) is 0 Å². The summed E-state index contributed by atoms with van der Waals surface area (Å²) >= 11 is 0. The average molecular weight is 378 g/mol. The van der Waals surface area contributed by atoms with Crippen LogP contribution < -0.4 is 15.5 Å². The van der Waals surface area contributed by atoms with Crippen LogP contribution in [0.15, 0.2) is 54.7 Å². The maximum Gasteiger partial charge on any atom is 0.243 e. The molecule has 0 atom stereocenters. The lowest BCUT2D eigenvalue weighted by molar-refractivity contribution is -0.123. The highest BCUT2D eigenvalue weighted by Gasteiger charge is 2.10. The van der Waals surface area contributed by atoms with Gasteiger partial charge in [0.05, 0.1) is 13.0 Å². The summed E-state index contributed by atoms with van der Waals surface area (Å²) in [5.74, 6) is -0.431. The second-order valence-electron chi connectivity index (χ2n) is 6.58. The third kappa shape index (κ3) is 4.71. The smallest absolute Gasteiger partial charge is 0.243 e. The zero-order valence-electron chi connectivity index (χ0n) is 16.3. The standard InChI is InChI=1S/C22H26N4O2/c1-3-26(4-2)18-11-9-17(10-12-18)25-22(28)15-24-21(27)13-16-14-23-20-8-6-5-7-19(16)20/h5-12,14,23H,3-4,13,15H2,1-2H3,(H,24,27)(H,25,28). The van der Waals surface area contributed by atoms with Gasteiger partial charge in [0.1, 0.15) is 0 Å². The van der Waals surface area contributed by atoms with Crippen molar-refractivity contribution in [2.24, 2.45) is 0 Å². The Morgan fingerprint density at radius 3 is 2.39 bits per heavy atom. The molecule has 0 saturated heterocycles. The van der Waals surface area contributed by atoms with Gasteiger partial charge in [-0.3, -0.25) is 9.59 Å². The average Bonchev–Trinajstić information content (AvgIpc) is 3.11. The van der Waals surface area contributed by atoms with Crippen LogP contribution in [0.1, 0.15) is 19.4 Å². The van der Waals surface area contributed by atoms with Crippen molar-refractivity contribution in [3.05, 3.63) is 60.3 Å². The van der Waals surface area contributed by atoms with E-state index in [1.54, 1.807) is 0 Å². The van der Waals surface area contributed by atoms with Gasteiger partial charge in [0.15, 0.2) is 0 Å². The van der Waals surface area contributed by atoms with Gasteiger partial charge < -0.3 is 20.5 Å². The number of amides is 2. The minimum absolute atomic E-state index is 0.0566. The van der Waals surface area contributed by atoms with E-state index >= 15 is 0 Å². The molecule has 0 bridgehead atoms. The molecule has 2 amide bonds. The van der Waals surface area contributed by atoms with E-state index in [0.717, 1.165) is 35.2 Å². The quantitative estimate of drug-likeness (QED) is 0.563. The number of hydrogen-bond donors (Lipinski definition) is 3. The number of H-pyrrole nitrogens is 1. The summed E-state index contributed by atoms with van der Waals surface area (Å²) < 4.78 is 0. The molecule has 28 heavy (non-hydrogen) atoms. The van der Waals surface area contributed by atoms with E-state index < -0.39 is 0 Å². The van der Waals surface area contributed by atoms with E-state index in [0.29, 0.717) is 5.69 Å². The fraction of sp³-hybridized carbons (Fsp3) is 0.273. The molecule has 0 unspecified atom stereocenters. The molecule has 3 N–H and O–H groups in total. The van der Waals surface area contributed by atoms with E-state index in [1.807, 2.05) is 54.7 Å². The number of fused-ring (bicyclic) bond motifs is 1. The predicted octanol–water partition coefficient (Wildman–Crippen LogP) is 3.31. The third-order valence-corrected chi connectivity index (χ3v) is 4.75. The number of carbonyl (C=O) groups excluding carboxylic acids is 2. The summed E-state index contributed by atoms with van der Waals surface area (Å²) in [6.07, 6.45) is 2.07. The predicted molar refractivity (Wildman–Crippen MR) is 114 cm³/mol. The van der Waals surface area contributed by atoms with Gasteiger partial charge in [-0.05, 0) is 49.7 Å². The van der Waals surface area contributed by atoms with E-state index in [4.69, 9.17) is 0 Å². The maximum absolute atomic E-state index is 12.2. The van der Waals surface area contributed by atoms with Crippen LogP contribution in [-0.2, 0) is 16.0 Å². The summed E-state index contributed by atoms with van der Waals surface area (Å²) in [5.41, 5.74) is 3.75. The van der Waals surface area contributed by atoms with Crippen LogP contribution in [0.2, 0.25) is 0 Å². The Morgan fingerprint density at radius 1 is 0.964 bits per heavy atom. The van der Waals surface area contributed by atoms with Crippen molar-refractivity contribution in [3.63, 3.8) is 0 Å². The summed E-state index contributed by atoms with van der Waals surface area (Å²) in [6.45, 7) is 6.03. The lowest BCUT2D eigenvalue weighted by atomic mass is 10.1. The van der Waals surface area contributed by atoms with Crippen LogP contribution in [0.4, 0.5) is 11.4 Å². The number of nitrogens with one attached hydrogen (secondary N) is 3. The number of aromatic nitrogens is 1. The van der Waals surface area contributed by atoms with Gasteiger partial charge in [0, 0.05) is 41.6 Å². The Hall–Kier alpha value is -3.28. The SMILES string of the molecule is CCN(CC)c1ccc(NC(=O)CNC(=O)Cc2c[nH]c3ccccc23)cc1. The molecule has 0 saturated carbocycles. The van der Waals surface area contributed by atoms with Crippen LogP contribution >= 0.6 is 0 Å². The first kappa shape index (κ1) is 19.5. The minimum atomic E-state index is -0.247.